The van der Waals surface area contributed by atoms with Crippen LogP contribution in [-0.2, 0) is 0 Å². The van der Waals surface area contributed by atoms with Gasteiger partial charge in [-0.05, 0) is 6.92 Å². The zero-order valence-electron chi connectivity index (χ0n) is 9.71. The maximum atomic E-state index is 12.2. The van der Waals surface area contributed by atoms with Crippen molar-refractivity contribution in [3.8, 4) is 0 Å². The molecule has 0 aromatic carbocycles. The molecule has 0 spiro atoms. The molecule has 2 heterocycles. The number of rotatable bonds is 4. The van der Waals surface area contributed by atoms with Crippen LogP contribution in [0.4, 0.5) is 0 Å². The van der Waals surface area contributed by atoms with E-state index < -0.39 is 0 Å². The zero-order chi connectivity index (χ0) is 12.3. The summed E-state index contributed by atoms with van der Waals surface area (Å²) in [6, 6.07) is 0. The van der Waals surface area contributed by atoms with Crippen LogP contribution in [0.3, 0.4) is 0 Å². The van der Waals surface area contributed by atoms with E-state index in [1.54, 1.807) is 34.2 Å². The fraction of sp³-hybridized carbons (Fsp3) is 0.364. The van der Waals surface area contributed by atoms with Crippen molar-refractivity contribution in [1.29, 1.82) is 0 Å². The molecular weight excluding hydrogens is 218 g/mol. The molecule has 0 saturated heterocycles. The first-order chi connectivity index (χ1) is 8.27. The number of hydrogen-bond acceptors (Lipinski definition) is 4. The predicted molar refractivity (Wildman–Crippen MR) is 63.6 cm³/mol. The monoisotopic (exact) mass is 233 g/mol. The van der Waals surface area contributed by atoms with Gasteiger partial charge in [0.1, 0.15) is 0 Å². The molecule has 17 heavy (non-hydrogen) atoms. The quantitative estimate of drug-likeness (QED) is 0.815. The highest BCUT2D eigenvalue weighted by molar-refractivity contribution is 6.00. The Morgan fingerprint density at radius 1 is 1.53 bits per heavy atom. The van der Waals surface area contributed by atoms with Crippen LogP contribution in [-0.4, -0.2) is 45.0 Å². The lowest BCUT2D eigenvalue weighted by Gasteiger charge is -2.19. The van der Waals surface area contributed by atoms with Gasteiger partial charge in [-0.3, -0.25) is 9.78 Å². The lowest BCUT2D eigenvalue weighted by atomic mass is 10.2. The van der Waals surface area contributed by atoms with Crippen LogP contribution in [0.5, 0.6) is 0 Å². The van der Waals surface area contributed by atoms with E-state index in [2.05, 4.69) is 10.1 Å². The highest BCUT2D eigenvalue weighted by Gasteiger charge is 2.17. The van der Waals surface area contributed by atoms with Gasteiger partial charge in [0.25, 0.3) is 5.91 Å². The summed E-state index contributed by atoms with van der Waals surface area (Å²) >= 11 is 0. The molecule has 6 nitrogen and oxygen atoms in total. The molecule has 0 radical (unpaired) electrons. The number of fused-ring (bicyclic) bond motifs is 1. The number of carbonyl (C=O) groups excluding carboxylic acids is 1. The fourth-order valence-corrected chi connectivity index (χ4v) is 1.73. The standard InChI is InChI=1S/C11H15N5O/c1-2-15(5-3-12)11(17)9-7-14-16-6-4-13-8-10(9)16/h4,6-8H,2-3,5,12H2,1H3. The van der Waals surface area contributed by atoms with Crippen LogP contribution in [0.1, 0.15) is 17.3 Å². The summed E-state index contributed by atoms with van der Waals surface area (Å²) in [4.78, 5) is 17.9. The van der Waals surface area contributed by atoms with Gasteiger partial charge >= 0.3 is 0 Å². The fourth-order valence-electron chi connectivity index (χ4n) is 1.73. The third-order valence-corrected chi connectivity index (χ3v) is 2.62. The minimum Gasteiger partial charge on any atom is -0.338 e. The number of nitrogens with two attached hydrogens (primary N) is 1. The molecular formula is C11H15N5O. The summed E-state index contributed by atoms with van der Waals surface area (Å²) < 4.78 is 1.64. The van der Waals surface area contributed by atoms with Crippen molar-refractivity contribution in [1.82, 2.24) is 19.5 Å². The van der Waals surface area contributed by atoms with Crippen LogP contribution < -0.4 is 5.73 Å². The molecule has 0 saturated carbocycles. The Balaban J connectivity index is 2.36. The van der Waals surface area contributed by atoms with E-state index in [-0.39, 0.29) is 5.91 Å². The highest BCUT2D eigenvalue weighted by Crippen LogP contribution is 2.11. The average molecular weight is 233 g/mol. The van der Waals surface area contributed by atoms with Gasteiger partial charge in [-0.25, -0.2) is 4.52 Å². The number of aromatic nitrogens is 3. The van der Waals surface area contributed by atoms with Crippen molar-refractivity contribution in [3.05, 3.63) is 30.4 Å². The third kappa shape index (κ3) is 2.12. The number of nitrogens with zero attached hydrogens (tertiary/aromatic N) is 4. The SMILES string of the molecule is CCN(CCN)C(=O)c1cnn2ccncc12. The van der Waals surface area contributed by atoms with Gasteiger partial charge < -0.3 is 10.6 Å². The molecule has 2 aromatic heterocycles. The Morgan fingerprint density at radius 2 is 2.35 bits per heavy atom. The minimum atomic E-state index is -0.0547. The lowest BCUT2D eigenvalue weighted by Crippen LogP contribution is -2.35. The molecule has 6 heteroatoms. The maximum Gasteiger partial charge on any atom is 0.257 e. The second-order valence-corrected chi connectivity index (χ2v) is 3.64. The minimum absolute atomic E-state index is 0.0547. The van der Waals surface area contributed by atoms with Crippen LogP contribution in [0.15, 0.2) is 24.8 Å². The molecule has 0 atom stereocenters. The van der Waals surface area contributed by atoms with E-state index in [4.69, 9.17) is 5.73 Å². The summed E-state index contributed by atoms with van der Waals surface area (Å²) in [5.41, 5.74) is 6.76. The smallest absolute Gasteiger partial charge is 0.257 e. The second-order valence-electron chi connectivity index (χ2n) is 3.64. The normalized spacial score (nSPS) is 10.7. The molecule has 0 fully saturated rings. The molecule has 2 N–H and O–H groups in total. The lowest BCUT2D eigenvalue weighted by molar-refractivity contribution is 0.0771. The summed E-state index contributed by atoms with van der Waals surface area (Å²) in [7, 11) is 0. The zero-order valence-corrected chi connectivity index (χ0v) is 9.71. The summed E-state index contributed by atoms with van der Waals surface area (Å²) in [5, 5.41) is 4.11. The molecule has 0 aliphatic heterocycles. The van der Waals surface area contributed by atoms with Crippen molar-refractivity contribution < 1.29 is 4.79 Å². The summed E-state index contributed by atoms with van der Waals surface area (Å²) in [5.74, 6) is -0.0547. The number of likely N-dealkylation sites (N-methyl/N-ethyl adjacent to an activating group) is 1. The van der Waals surface area contributed by atoms with Gasteiger partial charge in [0.15, 0.2) is 0 Å². The molecule has 0 aliphatic rings. The van der Waals surface area contributed by atoms with Gasteiger partial charge in [0.2, 0.25) is 0 Å². The molecule has 90 valence electrons. The van der Waals surface area contributed by atoms with Gasteiger partial charge in [0.05, 0.1) is 23.5 Å². The van der Waals surface area contributed by atoms with Crippen LogP contribution >= 0.6 is 0 Å². The van der Waals surface area contributed by atoms with E-state index in [1.165, 1.54) is 0 Å². The largest absolute Gasteiger partial charge is 0.338 e. The van der Waals surface area contributed by atoms with E-state index >= 15 is 0 Å². The number of carbonyl (C=O) groups is 1. The maximum absolute atomic E-state index is 12.2. The van der Waals surface area contributed by atoms with E-state index in [9.17, 15) is 4.79 Å². The van der Waals surface area contributed by atoms with Crippen molar-refractivity contribution in [3.63, 3.8) is 0 Å². The van der Waals surface area contributed by atoms with E-state index in [0.29, 0.717) is 30.7 Å². The van der Waals surface area contributed by atoms with Crippen molar-refractivity contribution in [2.24, 2.45) is 5.73 Å². The Hall–Kier alpha value is -1.95. The second kappa shape index (κ2) is 4.92. The van der Waals surface area contributed by atoms with Gasteiger partial charge in [-0.1, -0.05) is 0 Å². The van der Waals surface area contributed by atoms with Gasteiger partial charge in [-0.15, -0.1) is 0 Å². The first-order valence-corrected chi connectivity index (χ1v) is 5.54. The third-order valence-electron chi connectivity index (χ3n) is 2.62. The van der Waals surface area contributed by atoms with E-state index in [1.807, 2.05) is 6.92 Å². The molecule has 1 amide bonds. The Kier molecular flexibility index (Phi) is 3.34. The van der Waals surface area contributed by atoms with Gasteiger partial charge in [0, 0.05) is 32.0 Å². The average Bonchev–Trinajstić information content (AvgIpc) is 2.79. The molecule has 2 rings (SSSR count). The van der Waals surface area contributed by atoms with Crippen LogP contribution in [0.25, 0.3) is 5.52 Å². The Bertz CT molecular complexity index is 521. The first kappa shape index (κ1) is 11.5. The van der Waals surface area contributed by atoms with Crippen molar-refractivity contribution in [2.45, 2.75) is 6.92 Å². The molecule has 0 unspecified atom stereocenters. The van der Waals surface area contributed by atoms with Crippen LogP contribution in [0.2, 0.25) is 0 Å². The van der Waals surface area contributed by atoms with Crippen LogP contribution in [0, 0.1) is 0 Å². The summed E-state index contributed by atoms with van der Waals surface area (Å²) in [6.07, 6.45) is 6.55. The van der Waals surface area contributed by atoms with E-state index in [0.717, 1.165) is 0 Å². The van der Waals surface area contributed by atoms with Crippen molar-refractivity contribution in [2.75, 3.05) is 19.6 Å². The Labute approximate surface area is 99.0 Å². The molecule has 0 aliphatic carbocycles. The molecule has 0 bridgehead atoms. The summed E-state index contributed by atoms with van der Waals surface area (Å²) in [6.45, 7) is 3.56. The van der Waals surface area contributed by atoms with Gasteiger partial charge in [-0.2, -0.15) is 5.10 Å². The molecule has 2 aromatic rings. The topological polar surface area (TPSA) is 76.5 Å². The van der Waals surface area contributed by atoms with Crippen molar-refractivity contribution >= 4 is 11.4 Å². The highest BCUT2D eigenvalue weighted by atomic mass is 16.2. The number of hydrogen-bond donors (Lipinski definition) is 1. The Morgan fingerprint density at radius 3 is 3.06 bits per heavy atom. The predicted octanol–water partition coefficient (Wildman–Crippen LogP) is 0.150. The number of amides is 1. The first-order valence-electron chi connectivity index (χ1n) is 5.54.